The molecule has 27 heavy (non-hydrogen) atoms. The Morgan fingerprint density at radius 3 is 2.11 bits per heavy atom. The number of carbonyl (C=O) groups excluding carboxylic acids is 1. The number of hydrogen-bond acceptors (Lipinski definition) is 5. The van der Waals surface area contributed by atoms with Gasteiger partial charge in [0.1, 0.15) is 5.71 Å². The fourth-order valence-electron chi connectivity index (χ4n) is 2.68. The lowest BCUT2D eigenvalue weighted by atomic mass is 9.95. The van der Waals surface area contributed by atoms with Gasteiger partial charge in [-0.25, -0.2) is 0 Å². The second-order valence-electron chi connectivity index (χ2n) is 5.94. The van der Waals surface area contributed by atoms with Crippen molar-refractivity contribution in [2.75, 3.05) is 5.43 Å². The lowest BCUT2D eigenvalue weighted by Crippen LogP contribution is -2.19. The number of nitrogens with one attached hydrogen (secondary N) is 1. The van der Waals surface area contributed by atoms with E-state index in [0.717, 1.165) is 28.2 Å². The molecule has 4 rings (SSSR count). The average Bonchev–Trinajstić information content (AvgIpc) is 2.73. The van der Waals surface area contributed by atoms with E-state index in [1.54, 1.807) is 0 Å². The van der Waals surface area contributed by atoms with Gasteiger partial charge in [0.05, 0.1) is 17.1 Å². The molecule has 0 saturated carbocycles. The molecule has 0 aromatic heterocycles. The summed E-state index contributed by atoms with van der Waals surface area (Å²) in [6.45, 7) is 0. The van der Waals surface area contributed by atoms with Crippen molar-refractivity contribution >= 4 is 34.6 Å². The maximum absolute atomic E-state index is 12.2. The molecule has 1 aliphatic rings. The van der Waals surface area contributed by atoms with Gasteiger partial charge >= 0.3 is 0 Å². The quantitative estimate of drug-likeness (QED) is 0.497. The molecule has 0 spiro atoms. The monoisotopic (exact) mass is 352 g/mol. The van der Waals surface area contributed by atoms with Crippen LogP contribution in [0, 0.1) is 0 Å². The van der Waals surface area contributed by atoms with E-state index in [-0.39, 0.29) is 5.78 Å². The number of fused-ring (bicyclic) bond motifs is 1. The van der Waals surface area contributed by atoms with Gasteiger partial charge in [-0.2, -0.15) is 15.3 Å². The molecule has 5 heteroatoms. The third-order valence-corrected chi connectivity index (χ3v) is 4.06. The second-order valence-corrected chi connectivity index (χ2v) is 5.94. The van der Waals surface area contributed by atoms with Crippen LogP contribution in [0.5, 0.6) is 0 Å². The summed E-state index contributed by atoms with van der Waals surface area (Å²) in [5.74, 6) is -0.116. The zero-order chi connectivity index (χ0) is 18.5. The maximum Gasteiger partial charge on any atom is 0.206 e. The van der Waals surface area contributed by atoms with Crippen LogP contribution in [0.2, 0.25) is 0 Å². The topological polar surface area (TPSA) is 66.2 Å². The van der Waals surface area contributed by atoms with E-state index in [2.05, 4.69) is 20.8 Å². The number of benzene rings is 3. The van der Waals surface area contributed by atoms with Crippen LogP contribution in [-0.4, -0.2) is 11.5 Å². The molecule has 0 atom stereocenters. The van der Waals surface area contributed by atoms with Crippen LogP contribution in [0.4, 0.5) is 17.1 Å². The van der Waals surface area contributed by atoms with Crippen LogP contribution in [0.25, 0.3) is 6.08 Å². The van der Waals surface area contributed by atoms with Crippen molar-refractivity contribution in [1.82, 2.24) is 0 Å². The van der Waals surface area contributed by atoms with E-state index in [9.17, 15) is 4.79 Å². The average molecular weight is 352 g/mol. The third kappa shape index (κ3) is 3.88. The molecule has 0 saturated heterocycles. The number of hydrogen-bond donors (Lipinski definition) is 1. The standard InChI is InChI=1S/C22H16N4O/c27-21-15-10-16-6-4-5-9-20(16)22(21)26-25-19-13-11-18(12-14-19)24-23-17-7-2-1-3-8-17/h1-15,25H/b24-23?,26-22-. The smallest absolute Gasteiger partial charge is 0.206 e. The Morgan fingerprint density at radius 2 is 1.33 bits per heavy atom. The molecule has 0 unspecified atom stereocenters. The van der Waals surface area contributed by atoms with E-state index < -0.39 is 0 Å². The molecule has 3 aromatic rings. The number of nitrogens with zero attached hydrogens (tertiary/aromatic N) is 3. The first-order valence-corrected chi connectivity index (χ1v) is 8.52. The Morgan fingerprint density at radius 1 is 0.667 bits per heavy atom. The first-order chi connectivity index (χ1) is 13.3. The number of anilines is 1. The second kappa shape index (κ2) is 7.58. The molecule has 1 aliphatic carbocycles. The van der Waals surface area contributed by atoms with Gasteiger partial charge in [0, 0.05) is 5.56 Å². The fraction of sp³-hybridized carbons (Fsp3) is 0. The minimum Gasteiger partial charge on any atom is -0.287 e. The number of allylic oxidation sites excluding steroid dienone is 1. The van der Waals surface area contributed by atoms with Gasteiger partial charge in [-0.1, -0.05) is 48.5 Å². The summed E-state index contributed by atoms with van der Waals surface area (Å²) < 4.78 is 0. The Hall–Kier alpha value is -3.86. The summed E-state index contributed by atoms with van der Waals surface area (Å²) in [6, 6.07) is 24.6. The van der Waals surface area contributed by atoms with Gasteiger partial charge in [0.15, 0.2) is 0 Å². The maximum atomic E-state index is 12.2. The van der Waals surface area contributed by atoms with Gasteiger partial charge in [-0.15, -0.1) is 0 Å². The van der Waals surface area contributed by atoms with E-state index in [1.165, 1.54) is 6.08 Å². The van der Waals surface area contributed by atoms with Crippen molar-refractivity contribution in [3.05, 3.63) is 96.1 Å². The molecule has 3 aromatic carbocycles. The summed E-state index contributed by atoms with van der Waals surface area (Å²) >= 11 is 0. The van der Waals surface area contributed by atoms with Crippen LogP contribution < -0.4 is 5.43 Å². The van der Waals surface area contributed by atoms with Gasteiger partial charge in [0.2, 0.25) is 5.78 Å². The number of rotatable bonds is 4. The Labute approximate surface area is 156 Å². The van der Waals surface area contributed by atoms with Crippen LogP contribution in [0.3, 0.4) is 0 Å². The molecule has 0 radical (unpaired) electrons. The number of carbonyl (C=O) groups is 1. The van der Waals surface area contributed by atoms with E-state index in [4.69, 9.17) is 0 Å². The SMILES string of the molecule is O=C1C=Cc2ccccc2/C1=N/Nc1ccc(N=Nc2ccccc2)cc1. The highest BCUT2D eigenvalue weighted by Crippen LogP contribution is 2.21. The first kappa shape index (κ1) is 16.6. The van der Waals surface area contributed by atoms with Crippen molar-refractivity contribution in [1.29, 1.82) is 0 Å². The van der Waals surface area contributed by atoms with Gasteiger partial charge in [-0.3, -0.25) is 10.2 Å². The minimum atomic E-state index is -0.116. The fourth-order valence-corrected chi connectivity index (χ4v) is 2.68. The van der Waals surface area contributed by atoms with E-state index in [1.807, 2.05) is 84.9 Å². The molecular weight excluding hydrogens is 336 g/mol. The van der Waals surface area contributed by atoms with Gasteiger partial charge in [-0.05, 0) is 48.0 Å². The van der Waals surface area contributed by atoms with Crippen molar-refractivity contribution < 1.29 is 4.79 Å². The molecule has 1 N–H and O–H groups in total. The predicted molar refractivity (Wildman–Crippen MR) is 108 cm³/mol. The predicted octanol–water partition coefficient (Wildman–Crippen LogP) is 5.51. The van der Waals surface area contributed by atoms with Crippen LogP contribution >= 0.6 is 0 Å². The summed E-state index contributed by atoms with van der Waals surface area (Å²) in [5, 5.41) is 12.7. The zero-order valence-electron chi connectivity index (χ0n) is 14.4. The largest absolute Gasteiger partial charge is 0.287 e. The summed E-state index contributed by atoms with van der Waals surface area (Å²) in [4.78, 5) is 12.2. The molecule has 0 bridgehead atoms. The number of azo groups is 1. The number of ketones is 1. The molecule has 0 amide bonds. The van der Waals surface area contributed by atoms with Crippen molar-refractivity contribution in [2.24, 2.45) is 15.3 Å². The molecular formula is C22H16N4O. The van der Waals surface area contributed by atoms with E-state index in [0.29, 0.717) is 5.71 Å². The summed E-state index contributed by atoms with van der Waals surface area (Å²) in [6.07, 6.45) is 3.35. The van der Waals surface area contributed by atoms with Crippen LogP contribution in [0.1, 0.15) is 11.1 Å². The van der Waals surface area contributed by atoms with Gasteiger partial charge < -0.3 is 0 Å². The number of hydrazone groups is 1. The van der Waals surface area contributed by atoms with Crippen LogP contribution in [0.15, 0.2) is 100 Å². The Balaban J connectivity index is 1.49. The normalized spacial score (nSPS) is 14.5. The van der Waals surface area contributed by atoms with Crippen molar-refractivity contribution in [2.45, 2.75) is 0 Å². The highest BCUT2D eigenvalue weighted by Gasteiger charge is 2.18. The van der Waals surface area contributed by atoms with E-state index >= 15 is 0 Å². The van der Waals surface area contributed by atoms with Crippen molar-refractivity contribution in [3.8, 4) is 0 Å². The zero-order valence-corrected chi connectivity index (χ0v) is 14.4. The molecule has 5 nitrogen and oxygen atoms in total. The lowest BCUT2D eigenvalue weighted by molar-refractivity contribution is -0.108. The highest BCUT2D eigenvalue weighted by molar-refractivity contribution is 6.52. The minimum absolute atomic E-state index is 0.116. The highest BCUT2D eigenvalue weighted by atomic mass is 16.1. The molecule has 0 fully saturated rings. The summed E-state index contributed by atoms with van der Waals surface area (Å²) in [7, 11) is 0. The Bertz CT molecular complexity index is 1050. The molecule has 0 heterocycles. The van der Waals surface area contributed by atoms with Crippen molar-refractivity contribution in [3.63, 3.8) is 0 Å². The molecule has 130 valence electrons. The van der Waals surface area contributed by atoms with Crippen LogP contribution in [-0.2, 0) is 4.79 Å². The summed E-state index contributed by atoms with van der Waals surface area (Å²) in [5.41, 5.74) is 7.46. The third-order valence-electron chi connectivity index (χ3n) is 4.06. The van der Waals surface area contributed by atoms with Gasteiger partial charge in [0.25, 0.3) is 0 Å². The molecule has 0 aliphatic heterocycles. The first-order valence-electron chi connectivity index (χ1n) is 8.52. The lowest BCUT2D eigenvalue weighted by Gasteiger charge is -2.12. The Kier molecular flexibility index (Phi) is 4.66.